The highest BCUT2D eigenvalue weighted by Gasteiger charge is 1.97. The molecule has 0 aliphatic heterocycles. The van der Waals surface area contributed by atoms with Gasteiger partial charge in [-0.1, -0.05) is 0 Å². The number of hydrogen-bond acceptors (Lipinski definition) is 3. The van der Waals surface area contributed by atoms with E-state index in [0.29, 0.717) is 13.1 Å². The van der Waals surface area contributed by atoms with Crippen molar-refractivity contribution in [3.8, 4) is 0 Å². The number of nitrogens with one attached hydrogen (secondary N) is 2. The van der Waals surface area contributed by atoms with Crippen LogP contribution in [0.4, 0.5) is 11.4 Å². The van der Waals surface area contributed by atoms with Gasteiger partial charge >= 0.3 is 0 Å². The molecule has 4 nitrogen and oxygen atoms in total. The zero-order valence-electron chi connectivity index (χ0n) is 9.13. The number of benzene rings is 1. The Balaban J connectivity index is 2.40. The lowest BCUT2D eigenvalue weighted by atomic mass is 10.2. The van der Waals surface area contributed by atoms with Crippen molar-refractivity contribution in [1.82, 2.24) is 5.32 Å². The summed E-state index contributed by atoms with van der Waals surface area (Å²) in [6.07, 6.45) is 0. The van der Waals surface area contributed by atoms with Crippen LogP contribution in [0.15, 0.2) is 18.2 Å². The fraction of sp³-hybridized carbons (Fsp3) is 0.364. The van der Waals surface area contributed by atoms with Gasteiger partial charge in [-0.2, -0.15) is 0 Å². The normalized spacial score (nSPS) is 9.73. The average Bonchev–Trinajstić information content (AvgIpc) is 2.14. The highest BCUT2D eigenvalue weighted by atomic mass is 16.1. The van der Waals surface area contributed by atoms with E-state index in [1.54, 1.807) is 0 Å². The molecular formula is C11H17N3O. The van der Waals surface area contributed by atoms with E-state index in [-0.39, 0.29) is 5.91 Å². The minimum atomic E-state index is -0.00849. The zero-order chi connectivity index (χ0) is 11.3. The molecule has 0 saturated heterocycles. The minimum absolute atomic E-state index is 0.00849. The van der Waals surface area contributed by atoms with Crippen molar-refractivity contribution in [3.63, 3.8) is 0 Å². The highest BCUT2D eigenvalue weighted by Crippen LogP contribution is 2.16. The van der Waals surface area contributed by atoms with E-state index in [1.807, 2.05) is 25.1 Å². The molecule has 0 atom stereocenters. The molecule has 0 fully saturated rings. The first kappa shape index (κ1) is 11.4. The molecular weight excluding hydrogens is 190 g/mol. The lowest BCUT2D eigenvalue weighted by Crippen LogP contribution is -2.26. The number of aryl methyl sites for hydroxylation is 1. The van der Waals surface area contributed by atoms with Crippen molar-refractivity contribution in [1.29, 1.82) is 0 Å². The topological polar surface area (TPSA) is 67.2 Å². The highest BCUT2D eigenvalue weighted by molar-refractivity contribution is 5.72. The first-order valence-corrected chi connectivity index (χ1v) is 4.94. The summed E-state index contributed by atoms with van der Waals surface area (Å²) < 4.78 is 0. The van der Waals surface area contributed by atoms with Crippen LogP contribution in [0.3, 0.4) is 0 Å². The third kappa shape index (κ3) is 3.89. The molecule has 0 unspecified atom stereocenters. The molecule has 4 N–H and O–H groups in total. The first-order valence-electron chi connectivity index (χ1n) is 4.94. The van der Waals surface area contributed by atoms with Crippen molar-refractivity contribution in [2.75, 3.05) is 24.1 Å². The molecule has 0 heterocycles. The first-order chi connectivity index (χ1) is 7.09. The smallest absolute Gasteiger partial charge is 0.216 e. The van der Waals surface area contributed by atoms with E-state index in [9.17, 15) is 4.79 Å². The van der Waals surface area contributed by atoms with Gasteiger partial charge in [0.1, 0.15) is 0 Å². The molecule has 15 heavy (non-hydrogen) atoms. The van der Waals surface area contributed by atoms with Gasteiger partial charge in [0.25, 0.3) is 0 Å². The molecule has 82 valence electrons. The van der Waals surface area contributed by atoms with E-state index < -0.39 is 0 Å². The molecule has 0 aromatic heterocycles. The number of nitrogen functional groups attached to an aromatic ring is 1. The van der Waals surface area contributed by atoms with Gasteiger partial charge in [0.05, 0.1) is 0 Å². The van der Waals surface area contributed by atoms with Crippen molar-refractivity contribution >= 4 is 17.3 Å². The Morgan fingerprint density at radius 1 is 1.40 bits per heavy atom. The summed E-state index contributed by atoms with van der Waals surface area (Å²) in [5, 5.41) is 5.95. The van der Waals surface area contributed by atoms with Crippen LogP contribution in [0, 0.1) is 6.92 Å². The molecule has 1 amide bonds. The van der Waals surface area contributed by atoms with Gasteiger partial charge in [-0.05, 0) is 30.7 Å². The summed E-state index contributed by atoms with van der Waals surface area (Å²) in [6, 6.07) is 5.72. The molecule has 1 rings (SSSR count). The van der Waals surface area contributed by atoms with Crippen molar-refractivity contribution < 1.29 is 4.79 Å². The van der Waals surface area contributed by atoms with Gasteiger partial charge in [-0.3, -0.25) is 4.79 Å². The minimum Gasteiger partial charge on any atom is -0.399 e. The predicted molar refractivity (Wildman–Crippen MR) is 62.8 cm³/mol. The largest absolute Gasteiger partial charge is 0.399 e. The van der Waals surface area contributed by atoms with Crippen LogP contribution in [0.25, 0.3) is 0 Å². The number of carbonyl (C=O) groups is 1. The maximum absolute atomic E-state index is 10.6. The molecule has 1 aromatic rings. The van der Waals surface area contributed by atoms with Crippen molar-refractivity contribution in [2.24, 2.45) is 0 Å². The fourth-order valence-corrected chi connectivity index (χ4v) is 1.32. The quantitative estimate of drug-likeness (QED) is 0.512. The van der Waals surface area contributed by atoms with Crippen LogP contribution in [-0.4, -0.2) is 19.0 Å². The van der Waals surface area contributed by atoms with Crippen LogP contribution in [0.2, 0.25) is 0 Å². The van der Waals surface area contributed by atoms with Gasteiger partial charge in [-0.25, -0.2) is 0 Å². The Morgan fingerprint density at radius 3 is 2.73 bits per heavy atom. The summed E-state index contributed by atoms with van der Waals surface area (Å²) in [6.45, 7) is 4.84. The fourth-order valence-electron chi connectivity index (χ4n) is 1.32. The zero-order valence-corrected chi connectivity index (χ0v) is 9.13. The van der Waals surface area contributed by atoms with E-state index in [4.69, 9.17) is 5.73 Å². The van der Waals surface area contributed by atoms with E-state index >= 15 is 0 Å². The Hall–Kier alpha value is -1.71. The summed E-state index contributed by atoms with van der Waals surface area (Å²) in [4.78, 5) is 10.6. The van der Waals surface area contributed by atoms with Gasteiger partial charge in [-0.15, -0.1) is 0 Å². The maximum atomic E-state index is 10.6. The third-order valence-corrected chi connectivity index (χ3v) is 2.06. The van der Waals surface area contributed by atoms with E-state index in [0.717, 1.165) is 16.9 Å². The lowest BCUT2D eigenvalue weighted by Gasteiger charge is -2.10. The number of carbonyl (C=O) groups excluding carboxylic acids is 1. The van der Waals surface area contributed by atoms with Crippen LogP contribution in [0.5, 0.6) is 0 Å². The second kappa shape index (κ2) is 5.24. The molecule has 0 saturated carbocycles. The second-order valence-corrected chi connectivity index (χ2v) is 3.48. The number of nitrogens with two attached hydrogens (primary N) is 1. The summed E-state index contributed by atoms with van der Waals surface area (Å²) in [7, 11) is 0. The van der Waals surface area contributed by atoms with Gasteiger partial charge in [0.2, 0.25) is 5.91 Å². The van der Waals surface area contributed by atoms with Crippen molar-refractivity contribution in [2.45, 2.75) is 13.8 Å². The van der Waals surface area contributed by atoms with Crippen molar-refractivity contribution in [3.05, 3.63) is 23.8 Å². The molecule has 0 bridgehead atoms. The van der Waals surface area contributed by atoms with Crippen LogP contribution in [-0.2, 0) is 4.79 Å². The third-order valence-electron chi connectivity index (χ3n) is 2.06. The standard InChI is InChI=1S/C11H17N3O/c1-8-7-10(12)3-4-11(8)14-6-5-13-9(2)15/h3-4,7,14H,5-6,12H2,1-2H3,(H,13,15). The molecule has 0 aliphatic rings. The predicted octanol–water partition coefficient (Wildman–Crippen LogP) is 1.13. The lowest BCUT2D eigenvalue weighted by molar-refractivity contribution is -0.118. The Morgan fingerprint density at radius 2 is 2.13 bits per heavy atom. The molecule has 0 aliphatic carbocycles. The number of amides is 1. The molecule has 1 aromatic carbocycles. The van der Waals surface area contributed by atoms with Crippen LogP contribution < -0.4 is 16.4 Å². The van der Waals surface area contributed by atoms with Gasteiger partial charge < -0.3 is 16.4 Å². The summed E-state index contributed by atoms with van der Waals surface area (Å²) >= 11 is 0. The monoisotopic (exact) mass is 207 g/mol. The second-order valence-electron chi connectivity index (χ2n) is 3.48. The molecule has 4 heteroatoms. The average molecular weight is 207 g/mol. The van der Waals surface area contributed by atoms with E-state index in [2.05, 4.69) is 10.6 Å². The maximum Gasteiger partial charge on any atom is 0.216 e. The molecule has 0 radical (unpaired) electrons. The number of anilines is 2. The van der Waals surface area contributed by atoms with Crippen LogP contribution >= 0.6 is 0 Å². The summed E-state index contributed by atoms with van der Waals surface area (Å²) in [5.74, 6) is -0.00849. The summed E-state index contributed by atoms with van der Waals surface area (Å²) in [5.41, 5.74) is 8.56. The van der Waals surface area contributed by atoms with E-state index in [1.165, 1.54) is 6.92 Å². The number of hydrogen-bond donors (Lipinski definition) is 3. The van der Waals surface area contributed by atoms with Gasteiger partial charge in [0.15, 0.2) is 0 Å². The Labute approximate surface area is 89.9 Å². The van der Waals surface area contributed by atoms with Crippen LogP contribution in [0.1, 0.15) is 12.5 Å². The Kier molecular flexibility index (Phi) is 3.97. The SMILES string of the molecule is CC(=O)NCCNc1ccc(N)cc1C. The number of rotatable bonds is 4. The Bertz CT molecular complexity index is 350. The van der Waals surface area contributed by atoms with Gasteiger partial charge in [0, 0.05) is 31.4 Å². The molecule has 0 spiro atoms.